The summed E-state index contributed by atoms with van der Waals surface area (Å²) in [6, 6.07) is 29.7. The number of amides is 2. The van der Waals surface area contributed by atoms with Crippen molar-refractivity contribution in [3.63, 3.8) is 0 Å². The maximum Gasteiger partial charge on any atom is 0.259 e. The zero-order valence-electron chi connectivity index (χ0n) is 20.7. The lowest BCUT2D eigenvalue weighted by Crippen LogP contribution is -2.48. The van der Waals surface area contributed by atoms with Crippen molar-refractivity contribution in [2.75, 3.05) is 36.0 Å². The van der Waals surface area contributed by atoms with Crippen LogP contribution in [-0.4, -0.2) is 42.9 Å². The van der Waals surface area contributed by atoms with Gasteiger partial charge in [0.05, 0.1) is 17.8 Å². The summed E-state index contributed by atoms with van der Waals surface area (Å²) in [5.41, 5.74) is 3.28. The second-order valence-corrected chi connectivity index (χ2v) is 10.5. The van der Waals surface area contributed by atoms with Crippen LogP contribution in [0, 0.1) is 5.82 Å². The molecule has 0 N–H and O–H groups in total. The predicted octanol–water partition coefficient (Wildman–Crippen LogP) is 6.10. The van der Waals surface area contributed by atoms with Crippen LogP contribution in [0.3, 0.4) is 0 Å². The number of carbonyl (C=O) groups excluding carboxylic acids is 2. The van der Waals surface area contributed by atoms with Gasteiger partial charge in [0.15, 0.2) is 0 Å². The third kappa shape index (κ3) is 4.65. The minimum Gasteiger partial charge on any atom is -0.368 e. The predicted molar refractivity (Wildman–Crippen MR) is 148 cm³/mol. The van der Waals surface area contributed by atoms with Gasteiger partial charge < -0.3 is 14.7 Å². The zero-order chi connectivity index (χ0) is 26.1. The number of nitrogens with zero attached hydrogens (tertiary/aromatic N) is 3. The molecule has 0 atom stereocenters. The Labute approximate surface area is 225 Å². The molecule has 6 rings (SSSR count). The average Bonchev–Trinajstić information content (AvgIpc) is 3.08. The molecule has 0 radical (unpaired) electrons. The summed E-state index contributed by atoms with van der Waals surface area (Å²) in [5, 5.41) is 0. The fourth-order valence-electron chi connectivity index (χ4n) is 5.00. The maximum absolute atomic E-state index is 14.6. The Bertz CT molecular complexity index is 1500. The summed E-state index contributed by atoms with van der Waals surface area (Å²) in [4.78, 5) is 34.8. The molecule has 1 fully saturated rings. The highest BCUT2D eigenvalue weighted by Crippen LogP contribution is 2.42. The van der Waals surface area contributed by atoms with E-state index in [0.717, 1.165) is 28.6 Å². The van der Waals surface area contributed by atoms with Gasteiger partial charge in [-0.25, -0.2) is 4.39 Å². The molecule has 1 saturated heterocycles. The van der Waals surface area contributed by atoms with E-state index in [0.29, 0.717) is 35.5 Å². The molecule has 0 spiro atoms. The van der Waals surface area contributed by atoms with Crippen molar-refractivity contribution < 1.29 is 14.0 Å². The number of carbonyl (C=O) groups is 2. The van der Waals surface area contributed by atoms with Crippen molar-refractivity contribution in [2.45, 2.75) is 16.3 Å². The van der Waals surface area contributed by atoms with Gasteiger partial charge >= 0.3 is 0 Å². The van der Waals surface area contributed by atoms with Crippen LogP contribution in [0.15, 0.2) is 107 Å². The van der Waals surface area contributed by atoms with Crippen LogP contribution < -0.4 is 9.80 Å². The molecular formula is C31H26FN3O2S. The van der Waals surface area contributed by atoms with E-state index in [1.807, 2.05) is 53.4 Å². The summed E-state index contributed by atoms with van der Waals surface area (Å²) < 4.78 is 14.6. The first-order valence-electron chi connectivity index (χ1n) is 12.6. The first kappa shape index (κ1) is 24.2. The van der Waals surface area contributed by atoms with E-state index in [2.05, 4.69) is 17.0 Å². The van der Waals surface area contributed by atoms with Crippen LogP contribution in [0.25, 0.3) is 0 Å². The van der Waals surface area contributed by atoms with Crippen LogP contribution in [0.5, 0.6) is 0 Å². The number of piperazine rings is 1. The minimum absolute atomic E-state index is 0.0643. The molecule has 2 amide bonds. The molecule has 0 bridgehead atoms. The topological polar surface area (TPSA) is 43.9 Å². The molecule has 7 heteroatoms. The molecule has 2 heterocycles. The van der Waals surface area contributed by atoms with Gasteiger partial charge in [-0.15, -0.1) is 0 Å². The standard InChI is InChI=1S/C31H26FN3O2S/c32-26-12-6-4-8-23(26)21-35-27-20-22(14-15-29(27)38-28-13-7-5-11-25(28)31(35)37)30(36)34-18-16-33(17-19-34)24-9-2-1-3-10-24/h1-15,20H,16-19,21H2. The highest BCUT2D eigenvalue weighted by Gasteiger charge is 2.30. The molecule has 2 aliphatic heterocycles. The Kier molecular flexibility index (Phi) is 6.60. The molecule has 4 aromatic rings. The van der Waals surface area contributed by atoms with Gasteiger partial charge in [0.2, 0.25) is 0 Å². The molecule has 0 aromatic heterocycles. The Morgan fingerprint density at radius 2 is 1.50 bits per heavy atom. The summed E-state index contributed by atoms with van der Waals surface area (Å²) in [7, 11) is 0. The van der Waals surface area contributed by atoms with Gasteiger partial charge in [-0.3, -0.25) is 9.59 Å². The number of hydrogen-bond donors (Lipinski definition) is 0. The lowest BCUT2D eigenvalue weighted by atomic mass is 10.1. The summed E-state index contributed by atoms with van der Waals surface area (Å²) in [6.45, 7) is 2.81. The molecular weight excluding hydrogens is 497 g/mol. The van der Waals surface area contributed by atoms with Crippen LogP contribution in [0.2, 0.25) is 0 Å². The second-order valence-electron chi connectivity index (χ2n) is 9.38. The minimum atomic E-state index is -0.365. The van der Waals surface area contributed by atoms with Gasteiger partial charge in [-0.1, -0.05) is 60.3 Å². The van der Waals surface area contributed by atoms with E-state index in [9.17, 15) is 14.0 Å². The van der Waals surface area contributed by atoms with Gasteiger partial charge in [-0.2, -0.15) is 0 Å². The molecule has 0 saturated carbocycles. The average molecular weight is 524 g/mol. The van der Waals surface area contributed by atoms with Crippen LogP contribution in [-0.2, 0) is 6.54 Å². The maximum atomic E-state index is 14.6. The van der Waals surface area contributed by atoms with Crippen LogP contribution in [0.1, 0.15) is 26.3 Å². The fourth-order valence-corrected chi connectivity index (χ4v) is 6.05. The Balaban J connectivity index is 1.31. The van der Waals surface area contributed by atoms with Crippen molar-refractivity contribution in [1.82, 2.24) is 4.90 Å². The monoisotopic (exact) mass is 523 g/mol. The summed E-state index contributed by atoms with van der Waals surface area (Å²) in [5.74, 6) is -0.641. The number of halogens is 1. The first-order valence-corrected chi connectivity index (χ1v) is 13.5. The highest BCUT2D eigenvalue weighted by atomic mass is 32.2. The van der Waals surface area contributed by atoms with Crippen molar-refractivity contribution in [3.05, 3.63) is 120 Å². The van der Waals surface area contributed by atoms with Crippen molar-refractivity contribution >= 4 is 35.0 Å². The van der Waals surface area contributed by atoms with Gasteiger partial charge in [0, 0.05) is 52.8 Å². The number of fused-ring (bicyclic) bond motifs is 2. The van der Waals surface area contributed by atoms with E-state index in [1.54, 1.807) is 35.2 Å². The summed E-state index contributed by atoms with van der Waals surface area (Å²) in [6.07, 6.45) is 0. The van der Waals surface area contributed by atoms with Crippen molar-refractivity contribution in [1.29, 1.82) is 0 Å². The van der Waals surface area contributed by atoms with Crippen molar-refractivity contribution in [2.24, 2.45) is 0 Å². The van der Waals surface area contributed by atoms with E-state index in [4.69, 9.17) is 0 Å². The Morgan fingerprint density at radius 3 is 2.29 bits per heavy atom. The third-order valence-electron chi connectivity index (χ3n) is 7.05. The lowest BCUT2D eigenvalue weighted by Gasteiger charge is -2.36. The number of para-hydroxylation sites is 1. The normalized spacial score (nSPS) is 15.1. The van der Waals surface area contributed by atoms with Crippen LogP contribution >= 0.6 is 11.8 Å². The SMILES string of the molecule is O=C(c1ccc2c(c1)N(Cc1ccccc1F)C(=O)c1ccccc1S2)N1CCN(c2ccccc2)CC1. The first-order chi connectivity index (χ1) is 18.6. The molecule has 2 aliphatic rings. The molecule has 0 unspecified atom stereocenters. The van der Waals surface area contributed by atoms with Gasteiger partial charge in [0.25, 0.3) is 11.8 Å². The Hall–Kier alpha value is -4.10. The van der Waals surface area contributed by atoms with Crippen LogP contribution in [0.4, 0.5) is 15.8 Å². The highest BCUT2D eigenvalue weighted by molar-refractivity contribution is 7.99. The van der Waals surface area contributed by atoms with Gasteiger partial charge in [0.1, 0.15) is 5.82 Å². The fraction of sp³-hybridized carbons (Fsp3) is 0.161. The molecule has 190 valence electrons. The second kappa shape index (κ2) is 10.3. The van der Waals surface area contributed by atoms with Crippen molar-refractivity contribution in [3.8, 4) is 0 Å². The molecule has 38 heavy (non-hydrogen) atoms. The quantitative estimate of drug-likeness (QED) is 0.324. The van der Waals surface area contributed by atoms with E-state index >= 15 is 0 Å². The lowest BCUT2D eigenvalue weighted by molar-refractivity contribution is 0.0746. The summed E-state index contributed by atoms with van der Waals surface area (Å²) >= 11 is 1.49. The molecule has 0 aliphatic carbocycles. The van der Waals surface area contributed by atoms with E-state index in [-0.39, 0.29) is 24.2 Å². The number of rotatable bonds is 4. The number of anilines is 2. The van der Waals surface area contributed by atoms with Gasteiger partial charge in [-0.05, 0) is 48.5 Å². The zero-order valence-corrected chi connectivity index (χ0v) is 21.5. The smallest absolute Gasteiger partial charge is 0.259 e. The number of hydrogen-bond acceptors (Lipinski definition) is 4. The van der Waals surface area contributed by atoms with E-state index in [1.165, 1.54) is 17.8 Å². The van der Waals surface area contributed by atoms with E-state index < -0.39 is 0 Å². The number of benzene rings is 4. The largest absolute Gasteiger partial charge is 0.368 e. The Morgan fingerprint density at radius 1 is 0.789 bits per heavy atom. The molecule has 5 nitrogen and oxygen atoms in total. The third-order valence-corrected chi connectivity index (χ3v) is 8.19. The molecule has 4 aromatic carbocycles.